The average Bonchev–Trinajstić information content (AvgIpc) is 2.87. The van der Waals surface area contributed by atoms with Gasteiger partial charge in [-0.2, -0.15) is 0 Å². The molecule has 86 valence electrons. The predicted molar refractivity (Wildman–Crippen MR) is 71.9 cm³/mol. The fraction of sp³-hybridized carbons (Fsp3) is 0.300. The van der Waals surface area contributed by atoms with Crippen molar-refractivity contribution in [1.29, 1.82) is 0 Å². The molecule has 0 aromatic carbocycles. The van der Waals surface area contributed by atoms with Crippen LogP contribution in [0.5, 0.6) is 0 Å². The summed E-state index contributed by atoms with van der Waals surface area (Å²) in [5.41, 5.74) is 6.66. The van der Waals surface area contributed by atoms with Crippen LogP contribution in [0.4, 0.5) is 0 Å². The number of halogens is 1. The minimum atomic E-state index is -0.214. The van der Waals surface area contributed by atoms with Gasteiger partial charge in [0, 0.05) is 17.8 Å². The van der Waals surface area contributed by atoms with Crippen molar-refractivity contribution in [2.75, 3.05) is 6.61 Å². The van der Waals surface area contributed by atoms with E-state index in [-0.39, 0.29) is 12.6 Å². The zero-order chi connectivity index (χ0) is 11.5. The lowest BCUT2D eigenvalue weighted by Gasteiger charge is -2.03. The maximum Gasteiger partial charge on any atom is 0.0949 e. The molecule has 3 N–H and O–H groups in total. The third kappa shape index (κ3) is 2.89. The van der Waals surface area contributed by atoms with E-state index in [0.717, 1.165) is 19.4 Å². The molecule has 0 saturated carbocycles. The fourth-order valence-corrected chi connectivity index (χ4v) is 3.57. The summed E-state index contributed by atoms with van der Waals surface area (Å²) >= 11 is 6.67. The van der Waals surface area contributed by atoms with E-state index < -0.39 is 0 Å². The molecule has 0 aliphatic heterocycles. The van der Waals surface area contributed by atoms with Crippen LogP contribution in [0.25, 0.3) is 10.6 Å². The lowest BCUT2D eigenvalue weighted by molar-refractivity contribution is 0.265. The Balaban J connectivity index is 2.13. The number of rotatable bonds is 4. The molecule has 1 atom stereocenters. The van der Waals surface area contributed by atoms with Crippen LogP contribution < -0.4 is 5.73 Å². The van der Waals surface area contributed by atoms with Crippen LogP contribution in [0, 0.1) is 0 Å². The van der Waals surface area contributed by atoms with Gasteiger partial charge in [0.15, 0.2) is 0 Å². The van der Waals surface area contributed by atoms with Gasteiger partial charge in [-0.05, 0) is 28.1 Å². The molecule has 6 heteroatoms. The van der Waals surface area contributed by atoms with E-state index in [4.69, 9.17) is 10.8 Å². The van der Waals surface area contributed by atoms with Crippen molar-refractivity contribution >= 4 is 38.6 Å². The highest BCUT2D eigenvalue weighted by molar-refractivity contribution is 9.11. The van der Waals surface area contributed by atoms with Gasteiger partial charge in [-0.3, -0.25) is 0 Å². The molecule has 2 heterocycles. The van der Waals surface area contributed by atoms with Gasteiger partial charge in [0.05, 0.1) is 26.0 Å². The fourth-order valence-electron chi connectivity index (χ4n) is 1.26. The highest BCUT2D eigenvalue weighted by atomic mass is 79.9. The quantitative estimate of drug-likeness (QED) is 0.910. The Morgan fingerprint density at radius 3 is 2.94 bits per heavy atom. The molecule has 2 aromatic heterocycles. The van der Waals surface area contributed by atoms with E-state index in [2.05, 4.69) is 20.9 Å². The Bertz CT molecular complexity index is 469. The lowest BCUT2D eigenvalue weighted by atomic mass is 10.2. The average molecular weight is 319 g/mol. The SMILES string of the molecule is NC(CO)Cc1nc(-c2ccc(Br)s2)cs1. The van der Waals surface area contributed by atoms with Crippen LogP contribution in [0.15, 0.2) is 21.3 Å². The molecule has 0 aliphatic carbocycles. The summed E-state index contributed by atoms with van der Waals surface area (Å²) in [6.45, 7) is -0.000532. The van der Waals surface area contributed by atoms with E-state index in [1.165, 1.54) is 0 Å². The minimum absolute atomic E-state index is 0.000532. The zero-order valence-corrected chi connectivity index (χ0v) is 11.6. The predicted octanol–water partition coefficient (Wildman–Crippen LogP) is 2.50. The Morgan fingerprint density at radius 1 is 1.50 bits per heavy atom. The first-order chi connectivity index (χ1) is 7.69. The number of hydrogen-bond donors (Lipinski definition) is 2. The summed E-state index contributed by atoms with van der Waals surface area (Å²) in [4.78, 5) is 5.64. The van der Waals surface area contributed by atoms with Gasteiger partial charge in [-0.25, -0.2) is 4.98 Å². The summed E-state index contributed by atoms with van der Waals surface area (Å²) in [7, 11) is 0. The summed E-state index contributed by atoms with van der Waals surface area (Å²) < 4.78 is 1.10. The van der Waals surface area contributed by atoms with Gasteiger partial charge in [-0.15, -0.1) is 22.7 Å². The van der Waals surface area contributed by atoms with Crippen molar-refractivity contribution in [3.8, 4) is 10.6 Å². The molecule has 1 unspecified atom stereocenters. The number of aliphatic hydroxyl groups excluding tert-OH is 1. The third-order valence-corrected chi connectivity index (χ3v) is 4.57. The molecule has 0 aliphatic rings. The van der Waals surface area contributed by atoms with Crippen molar-refractivity contribution in [3.63, 3.8) is 0 Å². The molecule has 2 rings (SSSR count). The highest BCUT2D eigenvalue weighted by Crippen LogP contribution is 2.31. The standard InChI is InChI=1S/C10H11BrN2OS2/c11-9-2-1-8(16-9)7-5-15-10(13-7)3-6(12)4-14/h1-2,5-6,14H,3-4,12H2. The molecule has 3 nitrogen and oxygen atoms in total. The Morgan fingerprint density at radius 2 is 2.31 bits per heavy atom. The lowest BCUT2D eigenvalue weighted by Crippen LogP contribution is -2.26. The first kappa shape index (κ1) is 12.2. The molecular formula is C10H11BrN2OS2. The molecular weight excluding hydrogens is 308 g/mol. The van der Waals surface area contributed by atoms with E-state index in [0.29, 0.717) is 6.42 Å². The first-order valence-corrected chi connectivity index (χ1v) is 7.24. The van der Waals surface area contributed by atoms with Crippen LogP contribution in [0.2, 0.25) is 0 Å². The maximum atomic E-state index is 8.87. The monoisotopic (exact) mass is 318 g/mol. The van der Waals surface area contributed by atoms with E-state index >= 15 is 0 Å². The van der Waals surface area contributed by atoms with Crippen molar-refractivity contribution in [3.05, 3.63) is 26.3 Å². The molecule has 0 spiro atoms. The van der Waals surface area contributed by atoms with Gasteiger partial charge in [-0.1, -0.05) is 0 Å². The van der Waals surface area contributed by atoms with Crippen LogP contribution >= 0.6 is 38.6 Å². The van der Waals surface area contributed by atoms with Crippen LogP contribution in [0.1, 0.15) is 5.01 Å². The number of hydrogen-bond acceptors (Lipinski definition) is 5. The van der Waals surface area contributed by atoms with Crippen molar-refractivity contribution in [2.45, 2.75) is 12.5 Å². The number of nitrogens with two attached hydrogens (primary N) is 1. The van der Waals surface area contributed by atoms with Crippen LogP contribution in [-0.2, 0) is 6.42 Å². The normalized spacial score (nSPS) is 12.9. The highest BCUT2D eigenvalue weighted by Gasteiger charge is 2.09. The number of nitrogens with zero attached hydrogens (tertiary/aromatic N) is 1. The Hall–Kier alpha value is -0.270. The van der Waals surface area contributed by atoms with Crippen molar-refractivity contribution in [2.24, 2.45) is 5.73 Å². The molecule has 0 fully saturated rings. The van der Waals surface area contributed by atoms with E-state index in [9.17, 15) is 0 Å². The van der Waals surface area contributed by atoms with Gasteiger partial charge in [0.25, 0.3) is 0 Å². The molecule has 0 radical (unpaired) electrons. The molecule has 2 aromatic rings. The van der Waals surface area contributed by atoms with Crippen molar-refractivity contribution < 1.29 is 5.11 Å². The number of thiophene rings is 1. The first-order valence-electron chi connectivity index (χ1n) is 4.75. The molecule has 0 amide bonds. The van der Waals surface area contributed by atoms with Gasteiger partial charge >= 0.3 is 0 Å². The second kappa shape index (κ2) is 5.37. The number of thiazole rings is 1. The Labute approximate surface area is 110 Å². The number of aromatic nitrogens is 1. The summed E-state index contributed by atoms with van der Waals surface area (Å²) in [5, 5.41) is 11.9. The van der Waals surface area contributed by atoms with Crippen molar-refractivity contribution in [1.82, 2.24) is 4.98 Å². The second-order valence-electron chi connectivity index (χ2n) is 3.38. The van der Waals surface area contributed by atoms with Gasteiger partial charge < -0.3 is 10.8 Å². The third-order valence-electron chi connectivity index (χ3n) is 2.05. The summed E-state index contributed by atoms with van der Waals surface area (Å²) in [5.74, 6) is 0. The van der Waals surface area contributed by atoms with Crippen LogP contribution in [0.3, 0.4) is 0 Å². The maximum absolute atomic E-state index is 8.87. The van der Waals surface area contributed by atoms with Gasteiger partial charge in [0.2, 0.25) is 0 Å². The minimum Gasteiger partial charge on any atom is -0.395 e. The van der Waals surface area contributed by atoms with E-state index in [1.54, 1.807) is 22.7 Å². The van der Waals surface area contributed by atoms with Crippen LogP contribution in [-0.4, -0.2) is 22.7 Å². The largest absolute Gasteiger partial charge is 0.395 e. The zero-order valence-electron chi connectivity index (χ0n) is 8.39. The number of aliphatic hydroxyl groups is 1. The van der Waals surface area contributed by atoms with Gasteiger partial charge in [0.1, 0.15) is 0 Å². The molecule has 0 bridgehead atoms. The summed E-state index contributed by atoms with van der Waals surface area (Å²) in [6.07, 6.45) is 0.633. The van der Waals surface area contributed by atoms with E-state index in [1.807, 2.05) is 17.5 Å². The molecule has 16 heavy (non-hydrogen) atoms. The molecule has 0 saturated heterocycles. The second-order valence-corrected chi connectivity index (χ2v) is 6.78. The topological polar surface area (TPSA) is 59.1 Å². The Kier molecular flexibility index (Phi) is 4.10. The smallest absolute Gasteiger partial charge is 0.0949 e. The summed E-state index contributed by atoms with van der Waals surface area (Å²) in [6, 6.07) is 3.84.